The van der Waals surface area contributed by atoms with Gasteiger partial charge in [-0.3, -0.25) is 4.99 Å². The van der Waals surface area contributed by atoms with Crippen LogP contribution in [0, 0.1) is 0 Å². The molecule has 2 heterocycles. The lowest BCUT2D eigenvalue weighted by atomic mass is 9.89. The van der Waals surface area contributed by atoms with Gasteiger partial charge < -0.3 is 4.42 Å². The zero-order chi connectivity index (χ0) is 40.6. The number of benzene rings is 7. The molecule has 0 radical (unpaired) electrons. The number of thiophene rings is 1. The number of allylic oxidation sites excluding steroid dienone is 4. The second-order valence-corrected chi connectivity index (χ2v) is 16.6. The summed E-state index contributed by atoms with van der Waals surface area (Å²) in [6.45, 7) is 17.8. The van der Waals surface area contributed by atoms with Crippen molar-refractivity contribution in [1.29, 1.82) is 0 Å². The molecule has 0 bridgehead atoms. The first kappa shape index (κ1) is 38.2. The van der Waals surface area contributed by atoms with Crippen molar-refractivity contribution in [3.8, 4) is 11.1 Å². The van der Waals surface area contributed by atoms with Gasteiger partial charge in [0.2, 0.25) is 0 Å². The summed E-state index contributed by atoms with van der Waals surface area (Å²) in [5, 5.41) is 8.61. The van der Waals surface area contributed by atoms with E-state index in [0.29, 0.717) is 6.54 Å². The molecule has 2 nitrogen and oxygen atoms in total. The highest BCUT2D eigenvalue weighted by molar-refractivity contribution is 7.20. The van der Waals surface area contributed by atoms with Crippen LogP contribution in [0.4, 0.5) is 0 Å². The van der Waals surface area contributed by atoms with E-state index in [1.807, 2.05) is 23.5 Å². The second-order valence-electron chi connectivity index (χ2n) is 15.6. The molecule has 7 aromatic carbocycles. The predicted molar refractivity (Wildman–Crippen MR) is 259 cm³/mol. The molecule has 0 saturated carbocycles. The molecule has 290 valence electrons. The molecule has 2 aromatic heterocycles. The first-order valence-corrected chi connectivity index (χ1v) is 21.8. The van der Waals surface area contributed by atoms with Crippen molar-refractivity contribution in [2.45, 2.75) is 59.9 Å². The monoisotopic (exact) mass is 783 g/mol. The van der Waals surface area contributed by atoms with E-state index in [-0.39, 0.29) is 0 Å². The summed E-state index contributed by atoms with van der Waals surface area (Å²) < 4.78 is 7.57. The highest BCUT2D eigenvalue weighted by atomic mass is 32.1. The fraction of sp³-hybridized carbons (Fsp3) is 0.161. The van der Waals surface area contributed by atoms with Gasteiger partial charge in [0.05, 0.1) is 12.3 Å². The molecule has 9 rings (SSSR count). The van der Waals surface area contributed by atoms with Crippen LogP contribution in [0.25, 0.3) is 82.4 Å². The molecule has 0 amide bonds. The first-order valence-electron chi connectivity index (χ1n) is 21.0. The minimum Gasteiger partial charge on any atom is -0.456 e. The van der Waals surface area contributed by atoms with Crippen molar-refractivity contribution in [3.63, 3.8) is 0 Å². The fourth-order valence-corrected chi connectivity index (χ4v) is 10.5. The van der Waals surface area contributed by atoms with Crippen LogP contribution in [0.2, 0.25) is 0 Å². The van der Waals surface area contributed by atoms with Crippen LogP contribution in [0.3, 0.4) is 0 Å². The maximum atomic E-state index is 6.34. The third-order valence-corrected chi connectivity index (χ3v) is 13.1. The van der Waals surface area contributed by atoms with Gasteiger partial charge >= 0.3 is 0 Å². The maximum absolute atomic E-state index is 6.34. The van der Waals surface area contributed by atoms with Crippen molar-refractivity contribution in [2.75, 3.05) is 0 Å². The third-order valence-electron chi connectivity index (χ3n) is 11.9. The largest absolute Gasteiger partial charge is 0.456 e. The van der Waals surface area contributed by atoms with Gasteiger partial charge in [0.1, 0.15) is 11.2 Å². The molecule has 0 aliphatic carbocycles. The van der Waals surface area contributed by atoms with Crippen LogP contribution in [-0.4, -0.2) is 5.71 Å². The molecule has 59 heavy (non-hydrogen) atoms. The van der Waals surface area contributed by atoms with Gasteiger partial charge in [0.15, 0.2) is 0 Å². The number of fused-ring (bicyclic) bond motifs is 4. The van der Waals surface area contributed by atoms with Crippen molar-refractivity contribution in [1.82, 2.24) is 0 Å². The molecule has 3 heteroatoms. The van der Waals surface area contributed by atoms with E-state index in [4.69, 9.17) is 9.41 Å². The van der Waals surface area contributed by atoms with Gasteiger partial charge in [-0.15, -0.1) is 11.3 Å². The summed E-state index contributed by atoms with van der Waals surface area (Å²) in [6, 6.07) is 42.2. The maximum Gasteiger partial charge on any atom is 0.136 e. The minimum absolute atomic E-state index is 0.554. The number of hydrogen-bond acceptors (Lipinski definition) is 3. The Hall–Kier alpha value is -6.29. The normalized spacial score (nSPS) is 12.8. The topological polar surface area (TPSA) is 25.5 Å². The van der Waals surface area contributed by atoms with Crippen molar-refractivity contribution >= 4 is 88.3 Å². The van der Waals surface area contributed by atoms with E-state index >= 15 is 0 Å². The SMILES string of the molecule is C=C/C(=C(/C)CCC)c1ccc(C(=NCc2ccc(-c3cccc4c5cccc6oc7cccc(c34)c7c65)cc2)c2cccc3c(C=C)c(/C=C\C)sc23)cc1CCC. The minimum atomic E-state index is 0.554. The second kappa shape index (κ2) is 16.2. The van der Waals surface area contributed by atoms with Crippen molar-refractivity contribution in [3.05, 3.63) is 184 Å². The lowest BCUT2D eigenvalue weighted by Gasteiger charge is -2.17. The Morgan fingerprint density at radius 3 is 2.14 bits per heavy atom. The zero-order valence-corrected chi connectivity index (χ0v) is 35.3. The van der Waals surface area contributed by atoms with E-state index in [1.165, 1.54) is 86.2 Å². The number of hydrogen-bond donors (Lipinski definition) is 0. The number of aryl methyl sites for hydroxylation is 1. The van der Waals surface area contributed by atoms with E-state index in [0.717, 1.165) is 59.3 Å². The van der Waals surface area contributed by atoms with E-state index in [9.17, 15) is 0 Å². The Morgan fingerprint density at radius 2 is 1.42 bits per heavy atom. The number of nitrogens with zero attached hydrogens (tertiary/aromatic N) is 1. The van der Waals surface area contributed by atoms with Crippen molar-refractivity contribution in [2.24, 2.45) is 4.99 Å². The average Bonchev–Trinajstić information content (AvgIpc) is 3.83. The van der Waals surface area contributed by atoms with Gasteiger partial charge in [-0.25, -0.2) is 0 Å². The first-order chi connectivity index (χ1) is 29.0. The zero-order valence-electron chi connectivity index (χ0n) is 34.5. The van der Waals surface area contributed by atoms with E-state index in [1.54, 1.807) is 0 Å². The molecule has 0 saturated heterocycles. The number of aliphatic imine (C=N–C) groups is 1. The van der Waals surface area contributed by atoms with Crippen LogP contribution in [0.1, 0.15) is 85.2 Å². The Kier molecular flexibility index (Phi) is 10.5. The molecular formula is C56H49NOS. The summed E-state index contributed by atoms with van der Waals surface area (Å²) in [5.74, 6) is 0. The molecule has 0 spiro atoms. The molecule has 9 aromatic rings. The number of rotatable bonds is 13. The smallest absolute Gasteiger partial charge is 0.136 e. The summed E-state index contributed by atoms with van der Waals surface area (Å²) >= 11 is 1.82. The molecular weight excluding hydrogens is 735 g/mol. The Labute approximate surface area is 351 Å². The lowest BCUT2D eigenvalue weighted by molar-refractivity contribution is 0.669. The highest BCUT2D eigenvalue weighted by Crippen LogP contribution is 2.45. The van der Waals surface area contributed by atoms with Crippen molar-refractivity contribution < 1.29 is 4.42 Å². The summed E-state index contributed by atoms with van der Waals surface area (Å²) in [7, 11) is 0. The van der Waals surface area contributed by atoms with Crippen LogP contribution < -0.4 is 0 Å². The summed E-state index contributed by atoms with van der Waals surface area (Å²) in [4.78, 5) is 6.75. The molecule has 0 unspecified atom stereocenters. The van der Waals surface area contributed by atoms with Gasteiger partial charge in [-0.05, 0) is 111 Å². The fourth-order valence-electron chi connectivity index (χ4n) is 9.23. The third kappa shape index (κ3) is 6.64. The summed E-state index contributed by atoms with van der Waals surface area (Å²) in [6.07, 6.45) is 12.6. The van der Waals surface area contributed by atoms with Gasteiger partial charge in [-0.2, -0.15) is 0 Å². The average molecular weight is 784 g/mol. The Morgan fingerprint density at radius 1 is 0.729 bits per heavy atom. The Balaban J connectivity index is 1.16. The van der Waals surface area contributed by atoms with Gasteiger partial charge in [0, 0.05) is 36.9 Å². The van der Waals surface area contributed by atoms with Gasteiger partial charge in [-0.1, -0.05) is 161 Å². The predicted octanol–water partition coefficient (Wildman–Crippen LogP) is 16.6. The van der Waals surface area contributed by atoms with Crippen LogP contribution in [-0.2, 0) is 13.0 Å². The highest BCUT2D eigenvalue weighted by Gasteiger charge is 2.20. The molecule has 0 fully saturated rings. The molecule has 0 aliphatic heterocycles. The quantitative estimate of drug-likeness (QED) is 0.0649. The molecule has 0 N–H and O–H groups in total. The van der Waals surface area contributed by atoms with Crippen LogP contribution in [0.15, 0.2) is 156 Å². The Bertz CT molecular complexity index is 3140. The van der Waals surface area contributed by atoms with Crippen LogP contribution >= 0.6 is 11.3 Å². The van der Waals surface area contributed by atoms with E-state index in [2.05, 4.69) is 168 Å². The summed E-state index contributed by atoms with van der Waals surface area (Å²) in [5.41, 5.74) is 15.2. The number of furan rings is 1. The molecule has 0 aliphatic rings. The van der Waals surface area contributed by atoms with E-state index < -0.39 is 0 Å². The lowest BCUT2D eigenvalue weighted by Crippen LogP contribution is -2.07. The van der Waals surface area contributed by atoms with Gasteiger partial charge in [0.25, 0.3) is 0 Å². The standard InChI is InChI=1S/C56H49NOS/c1-7-16-35(6)40(10-4)42-32-31-39(33-38(42)17-8-2)55(48-24-13-22-46-41(11-5)51(18-9-3)59-56(46)48)57-34-36-27-29-37(30-28-36)43-19-12-20-44-45-21-14-25-49-53(45)54-47(52(43)44)23-15-26-50(54)58-49/h9-15,18-33H,4-5,7-8,16-17,34H2,1-3,6H3/b18-9-,40-35+,57-55?. The van der Waals surface area contributed by atoms with Crippen LogP contribution in [0.5, 0.6) is 0 Å². The molecule has 0 atom stereocenters.